The molecule has 0 aliphatic carbocycles. The zero-order valence-corrected chi connectivity index (χ0v) is 6.93. The van der Waals surface area contributed by atoms with Gasteiger partial charge in [-0.15, -0.1) is 0 Å². The van der Waals surface area contributed by atoms with Crippen molar-refractivity contribution in [3.05, 3.63) is 35.0 Å². The average molecular weight is 180 g/mol. The first-order valence-corrected chi connectivity index (χ1v) is 3.91. The molecule has 0 amide bonds. The Morgan fingerprint density at radius 2 is 2.25 bits per heavy atom. The van der Waals surface area contributed by atoms with Gasteiger partial charge in [0.05, 0.1) is 16.2 Å². The van der Waals surface area contributed by atoms with Crippen LogP contribution in [0.5, 0.6) is 0 Å². The van der Waals surface area contributed by atoms with Crippen LogP contribution in [0, 0.1) is 0 Å². The van der Waals surface area contributed by atoms with E-state index in [-0.39, 0.29) is 0 Å². The highest BCUT2D eigenvalue weighted by molar-refractivity contribution is 6.35. The van der Waals surface area contributed by atoms with Gasteiger partial charge in [0.2, 0.25) is 0 Å². The maximum atomic E-state index is 10.4. The first-order chi connectivity index (χ1) is 5.81. The van der Waals surface area contributed by atoms with E-state index in [2.05, 4.69) is 4.98 Å². The zero-order valence-electron chi connectivity index (χ0n) is 6.17. The second kappa shape index (κ2) is 2.64. The van der Waals surface area contributed by atoms with E-state index >= 15 is 0 Å². The van der Waals surface area contributed by atoms with Crippen LogP contribution >= 0.6 is 11.6 Å². The Morgan fingerprint density at radius 1 is 1.42 bits per heavy atom. The maximum Gasteiger partial charge on any atom is 0.166 e. The van der Waals surface area contributed by atoms with Gasteiger partial charge in [-0.25, -0.2) is 0 Å². The quantitative estimate of drug-likeness (QED) is 0.671. The largest absolute Gasteiger partial charge is 0.351 e. The van der Waals surface area contributed by atoms with Gasteiger partial charge >= 0.3 is 0 Å². The summed E-state index contributed by atoms with van der Waals surface area (Å²) in [5.41, 5.74) is 1.37. The highest BCUT2D eigenvalue weighted by Gasteiger charge is 2.01. The van der Waals surface area contributed by atoms with E-state index in [9.17, 15) is 4.79 Å². The predicted molar refractivity (Wildman–Crippen MR) is 48.7 cm³/mol. The van der Waals surface area contributed by atoms with Crippen molar-refractivity contribution in [1.82, 2.24) is 4.98 Å². The molecule has 0 aliphatic rings. The molecular formula is C9H6ClNO. The van der Waals surface area contributed by atoms with Crippen molar-refractivity contribution < 1.29 is 4.79 Å². The van der Waals surface area contributed by atoms with Gasteiger partial charge < -0.3 is 4.98 Å². The molecule has 0 aliphatic heterocycles. The van der Waals surface area contributed by atoms with Gasteiger partial charge in [-0.3, -0.25) is 4.79 Å². The van der Waals surface area contributed by atoms with E-state index in [4.69, 9.17) is 11.6 Å². The molecule has 0 spiro atoms. The topological polar surface area (TPSA) is 32.9 Å². The van der Waals surface area contributed by atoms with E-state index in [0.29, 0.717) is 10.7 Å². The Bertz CT molecular complexity index is 433. The maximum absolute atomic E-state index is 10.4. The Morgan fingerprint density at radius 3 is 2.92 bits per heavy atom. The number of aldehydes is 1. The van der Waals surface area contributed by atoms with Gasteiger partial charge in [-0.05, 0) is 12.1 Å². The number of benzene rings is 1. The summed E-state index contributed by atoms with van der Waals surface area (Å²) in [6.07, 6.45) is 0.774. The van der Waals surface area contributed by atoms with Gasteiger partial charge in [-0.1, -0.05) is 23.7 Å². The summed E-state index contributed by atoms with van der Waals surface area (Å²) in [5.74, 6) is 0. The second-order valence-electron chi connectivity index (χ2n) is 2.55. The Labute approximate surface area is 74.2 Å². The molecule has 1 N–H and O–H groups in total. The molecule has 0 bridgehead atoms. The highest BCUT2D eigenvalue weighted by Crippen LogP contribution is 2.22. The molecule has 3 heteroatoms. The molecular weight excluding hydrogens is 174 g/mol. The van der Waals surface area contributed by atoms with Crippen LogP contribution in [-0.4, -0.2) is 11.3 Å². The van der Waals surface area contributed by atoms with Gasteiger partial charge in [0, 0.05) is 5.39 Å². The average Bonchev–Trinajstić information content (AvgIpc) is 2.49. The van der Waals surface area contributed by atoms with E-state index in [0.717, 1.165) is 17.2 Å². The van der Waals surface area contributed by atoms with E-state index < -0.39 is 0 Å². The fourth-order valence-corrected chi connectivity index (χ4v) is 1.43. The molecule has 0 fully saturated rings. The minimum Gasteiger partial charge on any atom is -0.351 e. The summed E-state index contributed by atoms with van der Waals surface area (Å²) in [4.78, 5) is 13.3. The lowest BCUT2D eigenvalue weighted by atomic mass is 10.2. The van der Waals surface area contributed by atoms with Crippen LogP contribution in [0.2, 0.25) is 5.02 Å². The molecule has 0 unspecified atom stereocenters. The van der Waals surface area contributed by atoms with Crippen LogP contribution in [0.4, 0.5) is 0 Å². The minimum atomic E-state index is 0.554. The third-order valence-corrected chi connectivity index (χ3v) is 2.07. The molecule has 0 saturated heterocycles. The number of aromatic amines is 1. The van der Waals surface area contributed by atoms with Crippen LogP contribution in [0.25, 0.3) is 10.9 Å². The molecule has 1 aromatic carbocycles. The van der Waals surface area contributed by atoms with Crippen molar-refractivity contribution in [2.24, 2.45) is 0 Å². The lowest BCUT2D eigenvalue weighted by Gasteiger charge is -1.90. The third kappa shape index (κ3) is 1.01. The summed E-state index contributed by atoms with van der Waals surface area (Å²) >= 11 is 5.88. The molecule has 2 aromatic rings. The number of hydrogen-bond acceptors (Lipinski definition) is 1. The van der Waals surface area contributed by atoms with Crippen molar-refractivity contribution in [3.63, 3.8) is 0 Å². The van der Waals surface area contributed by atoms with E-state index in [1.54, 1.807) is 12.1 Å². The van der Waals surface area contributed by atoms with E-state index in [1.807, 2.05) is 12.1 Å². The molecule has 1 heterocycles. The number of para-hydroxylation sites is 1. The van der Waals surface area contributed by atoms with Crippen LogP contribution in [0.1, 0.15) is 10.5 Å². The molecule has 1 aromatic heterocycles. The summed E-state index contributed by atoms with van der Waals surface area (Å²) in [6.45, 7) is 0. The number of nitrogens with one attached hydrogen (secondary N) is 1. The van der Waals surface area contributed by atoms with Crippen LogP contribution in [-0.2, 0) is 0 Å². The van der Waals surface area contributed by atoms with Crippen LogP contribution < -0.4 is 0 Å². The van der Waals surface area contributed by atoms with Gasteiger partial charge in [-0.2, -0.15) is 0 Å². The lowest BCUT2D eigenvalue weighted by molar-refractivity contribution is 0.112. The minimum absolute atomic E-state index is 0.554. The fourth-order valence-electron chi connectivity index (χ4n) is 1.20. The highest BCUT2D eigenvalue weighted by atomic mass is 35.5. The molecule has 2 nitrogen and oxygen atoms in total. The van der Waals surface area contributed by atoms with E-state index in [1.165, 1.54) is 0 Å². The summed E-state index contributed by atoms with van der Waals surface area (Å²) in [5, 5.41) is 1.60. The molecule has 2 rings (SSSR count). The monoisotopic (exact) mass is 179 g/mol. The Hall–Kier alpha value is -1.28. The molecule has 12 heavy (non-hydrogen) atoms. The smallest absolute Gasteiger partial charge is 0.166 e. The fraction of sp³-hybridized carbons (Fsp3) is 0. The number of fused-ring (bicyclic) bond motifs is 1. The Balaban J connectivity index is 2.82. The molecule has 60 valence electrons. The van der Waals surface area contributed by atoms with Gasteiger partial charge in [0.25, 0.3) is 0 Å². The van der Waals surface area contributed by atoms with Gasteiger partial charge in [0.1, 0.15) is 0 Å². The lowest BCUT2D eigenvalue weighted by Crippen LogP contribution is -1.75. The number of hydrogen-bond donors (Lipinski definition) is 1. The van der Waals surface area contributed by atoms with Crippen molar-refractivity contribution in [2.45, 2.75) is 0 Å². The SMILES string of the molecule is O=Cc1cc2cccc(Cl)c2[nH]1. The molecule has 0 radical (unpaired) electrons. The normalized spacial score (nSPS) is 10.4. The number of rotatable bonds is 1. The Kier molecular flexibility index (Phi) is 1.62. The van der Waals surface area contributed by atoms with Crippen molar-refractivity contribution >= 4 is 28.8 Å². The van der Waals surface area contributed by atoms with Crippen molar-refractivity contribution in [1.29, 1.82) is 0 Å². The van der Waals surface area contributed by atoms with Crippen LogP contribution in [0.3, 0.4) is 0 Å². The second-order valence-corrected chi connectivity index (χ2v) is 2.95. The van der Waals surface area contributed by atoms with Crippen molar-refractivity contribution in [3.8, 4) is 0 Å². The third-order valence-electron chi connectivity index (χ3n) is 1.75. The number of halogens is 1. The first kappa shape index (κ1) is 7.37. The standard InChI is InChI=1S/C9H6ClNO/c10-8-3-1-2-6-4-7(5-12)11-9(6)8/h1-5,11H. The number of H-pyrrole nitrogens is 1. The summed E-state index contributed by atoms with van der Waals surface area (Å²) < 4.78 is 0. The van der Waals surface area contributed by atoms with Crippen LogP contribution in [0.15, 0.2) is 24.3 Å². The molecule has 0 saturated carbocycles. The zero-order chi connectivity index (χ0) is 8.55. The first-order valence-electron chi connectivity index (χ1n) is 3.53. The molecule has 0 atom stereocenters. The number of carbonyl (C=O) groups is 1. The number of carbonyl (C=O) groups excluding carboxylic acids is 1. The summed E-state index contributed by atoms with van der Waals surface area (Å²) in [7, 11) is 0. The van der Waals surface area contributed by atoms with Gasteiger partial charge in [0.15, 0.2) is 6.29 Å². The predicted octanol–water partition coefficient (Wildman–Crippen LogP) is 2.63. The number of aromatic nitrogens is 1. The summed E-state index contributed by atoms with van der Waals surface area (Å²) in [6, 6.07) is 7.32. The van der Waals surface area contributed by atoms with Crippen molar-refractivity contribution in [2.75, 3.05) is 0 Å².